The maximum Gasteiger partial charge on any atom is 0.221 e. The monoisotopic (exact) mass is 630 g/mol. The number of aromatic nitrogens is 3. The van der Waals surface area contributed by atoms with Crippen LogP contribution in [-0.4, -0.2) is 35.3 Å². The quantitative estimate of drug-likeness (QED) is 0.182. The van der Waals surface area contributed by atoms with Crippen molar-refractivity contribution in [1.29, 1.82) is 0 Å². The third kappa shape index (κ3) is 5.17. The van der Waals surface area contributed by atoms with Gasteiger partial charge in [0.1, 0.15) is 18.2 Å². The summed E-state index contributed by atoms with van der Waals surface area (Å²) in [4.78, 5) is 16.2. The molecule has 1 aliphatic heterocycles. The van der Waals surface area contributed by atoms with Crippen LogP contribution in [0.4, 0.5) is 28.4 Å². The van der Waals surface area contributed by atoms with E-state index < -0.39 is 0 Å². The molecule has 0 amide bonds. The summed E-state index contributed by atoms with van der Waals surface area (Å²) >= 11 is 0. The topological polar surface area (TPSA) is 49.7 Å². The first-order valence-electron chi connectivity index (χ1n) is 16.3. The normalized spacial score (nSPS) is 12.9. The van der Waals surface area contributed by atoms with Gasteiger partial charge in [0, 0.05) is 66.5 Å². The smallest absolute Gasteiger partial charge is 0.221 e. The number of para-hydroxylation sites is 3. The number of anilines is 5. The lowest BCUT2D eigenvalue weighted by molar-refractivity contribution is 0.463. The summed E-state index contributed by atoms with van der Waals surface area (Å²) in [6.07, 6.45) is 3.72. The average Bonchev–Trinajstić information content (AvgIpc) is 3.64. The fraction of sp³-hybridized carbons (Fsp3) is 0.171. The van der Waals surface area contributed by atoms with E-state index in [1.165, 1.54) is 16.6 Å². The standard InChI is InChI=1S/C41H38N6O/c1-41(2,3)28-20-22-42-39(24-28)47-35-11-7-6-10-33(35)34-19-18-32(26-38(34)47)48-40-25-31(21-23-43-40)46-27-45(36-12-8-9-13-37(36)46)30-16-14-29(15-17-30)44(4)5/h6-26H,27H2,1-5H3. The SMILES string of the molecule is CN(C)c1ccc(N2CN(c3ccnc(Oc4ccc5c6ccccc6n(-c6cc(C(C)(C)C)ccn6)c5c4)c3)c3ccccc32)cc1. The van der Waals surface area contributed by atoms with Crippen molar-refractivity contribution in [3.63, 3.8) is 0 Å². The zero-order valence-electron chi connectivity index (χ0n) is 27.9. The second-order valence-electron chi connectivity index (χ2n) is 13.5. The third-order valence-electron chi connectivity index (χ3n) is 9.16. The van der Waals surface area contributed by atoms with Gasteiger partial charge in [0.05, 0.1) is 22.4 Å². The highest BCUT2D eigenvalue weighted by molar-refractivity contribution is 6.09. The number of hydrogen-bond donors (Lipinski definition) is 0. The Hall–Kier alpha value is -5.82. The molecule has 7 heteroatoms. The van der Waals surface area contributed by atoms with Crippen LogP contribution in [0.1, 0.15) is 26.3 Å². The first-order chi connectivity index (χ1) is 23.2. The lowest BCUT2D eigenvalue weighted by Gasteiger charge is -2.23. The molecule has 7 aromatic rings. The molecule has 0 fully saturated rings. The molecule has 0 radical (unpaired) electrons. The highest BCUT2D eigenvalue weighted by Gasteiger charge is 2.28. The second-order valence-corrected chi connectivity index (χ2v) is 13.5. The summed E-state index contributed by atoms with van der Waals surface area (Å²) in [6, 6.07) is 40.3. The molecule has 4 heterocycles. The van der Waals surface area contributed by atoms with E-state index in [2.05, 4.69) is 156 Å². The fourth-order valence-electron chi connectivity index (χ4n) is 6.60. The summed E-state index contributed by atoms with van der Waals surface area (Å²) in [5.41, 5.74) is 9.02. The van der Waals surface area contributed by atoms with Crippen molar-refractivity contribution in [3.8, 4) is 17.4 Å². The molecule has 8 rings (SSSR count). The van der Waals surface area contributed by atoms with E-state index in [0.717, 1.165) is 45.0 Å². The van der Waals surface area contributed by atoms with Gasteiger partial charge in [-0.05, 0) is 83.8 Å². The largest absolute Gasteiger partial charge is 0.439 e. The van der Waals surface area contributed by atoms with Gasteiger partial charge in [-0.25, -0.2) is 9.97 Å². The Balaban J connectivity index is 1.14. The minimum absolute atomic E-state index is 0.00496. The number of rotatable bonds is 6. The molecular weight excluding hydrogens is 592 g/mol. The van der Waals surface area contributed by atoms with E-state index >= 15 is 0 Å². The summed E-state index contributed by atoms with van der Waals surface area (Å²) in [5, 5.41) is 2.32. The van der Waals surface area contributed by atoms with Crippen molar-refractivity contribution >= 4 is 50.2 Å². The predicted octanol–water partition coefficient (Wildman–Crippen LogP) is 9.98. The van der Waals surface area contributed by atoms with E-state index in [-0.39, 0.29) is 5.41 Å². The van der Waals surface area contributed by atoms with E-state index in [4.69, 9.17) is 9.72 Å². The Morgan fingerprint density at radius 1 is 0.646 bits per heavy atom. The Kier molecular flexibility index (Phi) is 7.06. The molecule has 0 spiro atoms. The Bertz CT molecular complexity index is 2280. The van der Waals surface area contributed by atoms with Gasteiger partial charge in [0.15, 0.2) is 0 Å². The van der Waals surface area contributed by atoms with Crippen molar-refractivity contribution in [3.05, 3.63) is 133 Å². The minimum atomic E-state index is 0.00496. The highest BCUT2D eigenvalue weighted by Crippen LogP contribution is 2.45. The van der Waals surface area contributed by atoms with Gasteiger partial charge >= 0.3 is 0 Å². The number of pyridine rings is 2. The summed E-state index contributed by atoms with van der Waals surface area (Å²) in [5.74, 6) is 2.14. The Morgan fingerprint density at radius 2 is 1.33 bits per heavy atom. The molecule has 0 bridgehead atoms. The molecule has 0 saturated heterocycles. The first-order valence-corrected chi connectivity index (χ1v) is 16.3. The minimum Gasteiger partial charge on any atom is -0.439 e. The average molecular weight is 631 g/mol. The van der Waals surface area contributed by atoms with E-state index in [1.807, 2.05) is 30.6 Å². The number of ether oxygens (including phenoxy) is 1. The molecule has 0 aliphatic carbocycles. The molecule has 1 aliphatic rings. The van der Waals surface area contributed by atoms with Crippen LogP contribution in [-0.2, 0) is 5.41 Å². The third-order valence-corrected chi connectivity index (χ3v) is 9.16. The molecule has 0 saturated carbocycles. The molecule has 0 N–H and O–H groups in total. The fourth-order valence-corrected chi connectivity index (χ4v) is 6.60. The van der Waals surface area contributed by atoms with Crippen LogP contribution in [0, 0.1) is 0 Å². The highest BCUT2D eigenvalue weighted by atomic mass is 16.5. The van der Waals surface area contributed by atoms with Crippen LogP contribution >= 0.6 is 0 Å². The van der Waals surface area contributed by atoms with Crippen molar-refractivity contribution in [1.82, 2.24) is 14.5 Å². The number of benzene rings is 4. The van der Waals surface area contributed by atoms with Gasteiger partial charge in [0.2, 0.25) is 5.88 Å². The lowest BCUT2D eigenvalue weighted by Crippen LogP contribution is -2.24. The summed E-state index contributed by atoms with van der Waals surface area (Å²) in [6.45, 7) is 7.36. The lowest BCUT2D eigenvalue weighted by atomic mass is 9.88. The van der Waals surface area contributed by atoms with Crippen LogP contribution in [0.15, 0.2) is 128 Å². The van der Waals surface area contributed by atoms with E-state index in [0.29, 0.717) is 18.3 Å². The van der Waals surface area contributed by atoms with Crippen LogP contribution in [0.2, 0.25) is 0 Å². The summed E-state index contributed by atoms with van der Waals surface area (Å²) < 4.78 is 8.73. The van der Waals surface area contributed by atoms with E-state index in [1.54, 1.807) is 0 Å². The number of nitrogens with zero attached hydrogens (tertiary/aromatic N) is 6. The zero-order chi connectivity index (χ0) is 33.0. The van der Waals surface area contributed by atoms with Crippen molar-refractivity contribution in [2.75, 3.05) is 35.5 Å². The van der Waals surface area contributed by atoms with Crippen molar-refractivity contribution in [2.24, 2.45) is 0 Å². The van der Waals surface area contributed by atoms with Gasteiger partial charge in [-0.2, -0.15) is 0 Å². The maximum absolute atomic E-state index is 6.50. The van der Waals surface area contributed by atoms with Gasteiger partial charge in [-0.1, -0.05) is 51.1 Å². The summed E-state index contributed by atoms with van der Waals surface area (Å²) in [7, 11) is 4.12. The van der Waals surface area contributed by atoms with Crippen LogP contribution in [0.25, 0.3) is 27.6 Å². The molecule has 0 unspecified atom stereocenters. The van der Waals surface area contributed by atoms with Gasteiger partial charge < -0.3 is 19.4 Å². The van der Waals surface area contributed by atoms with E-state index in [9.17, 15) is 0 Å². The molecular formula is C41H38N6O. The number of fused-ring (bicyclic) bond motifs is 4. The molecule has 0 atom stereocenters. The maximum atomic E-state index is 6.50. The number of hydrogen-bond acceptors (Lipinski definition) is 6. The first kappa shape index (κ1) is 29.6. The molecule has 238 valence electrons. The zero-order valence-corrected chi connectivity index (χ0v) is 27.9. The van der Waals surface area contributed by atoms with Gasteiger partial charge in [-0.3, -0.25) is 4.57 Å². The van der Waals surface area contributed by atoms with Gasteiger partial charge in [0.25, 0.3) is 0 Å². The Morgan fingerprint density at radius 3 is 2.08 bits per heavy atom. The second kappa shape index (κ2) is 11.5. The molecule has 7 nitrogen and oxygen atoms in total. The van der Waals surface area contributed by atoms with Crippen LogP contribution < -0.4 is 19.4 Å². The molecule has 4 aromatic carbocycles. The Labute approximate surface area is 281 Å². The molecule has 3 aromatic heterocycles. The van der Waals surface area contributed by atoms with Crippen LogP contribution in [0.3, 0.4) is 0 Å². The van der Waals surface area contributed by atoms with Crippen molar-refractivity contribution < 1.29 is 4.74 Å². The van der Waals surface area contributed by atoms with Gasteiger partial charge in [-0.15, -0.1) is 0 Å². The predicted molar refractivity (Wildman–Crippen MR) is 198 cm³/mol. The molecule has 48 heavy (non-hydrogen) atoms. The van der Waals surface area contributed by atoms with Crippen molar-refractivity contribution in [2.45, 2.75) is 26.2 Å². The van der Waals surface area contributed by atoms with Crippen LogP contribution in [0.5, 0.6) is 11.6 Å².